The third kappa shape index (κ3) is 4.51. The molecule has 0 saturated heterocycles. The summed E-state index contributed by atoms with van der Waals surface area (Å²) in [7, 11) is 0. The Labute approximate surface area is 205 Å². The zero-order valence-corrected chi connectivity index (χ0v) is 19.9. The number of nitrogens with one attached hydrogen (secondary N) is 1. The van der Waals surface area contributed by atoms with Crippen LogP contribution in [-0.2, 0) is 14.3 Å². The fourth-order valence-corrected chi connectivity index (χ4v) is 4.30. The predicted octanol–water partition coefficient (Wildman–Crippen LogP) is 2.89. The topological polar surface area (TPSA) is 156 Å². The normalized spacial score (nSPS) is 15.6. The maximum atomic E-state index is 13.2. The second kappa shape index (κ2) is 9.06. The summed E-state index contributed by atoms with van der Waals surface area (Å²) in [5, 5.41) is 12.2. The number of imide groups is 1. The minimum absolute atomic E-state index is 0.0157. The first-order valence-electron chi connectivity index (χ1n) is 11.3. The molecule has 2 heterocycles. The summed E-state index contributed by atoms with van der Waals surface area (Å²) < 4.78 is 9.81. The molecule has 11 nitrogen and oxygen atoms in total. The molecule has 188 valence electrons. The van der Waals surface area contributed by atoms with E-state index in [0.29, 0.717) is 6.42 Å². The highest BCUT2D eigenvalue weighted by atomic mass is 16.6. The van der Waals surface area contributed by atoms with E-state index in [1.807, 2.05) is 0 Å². The summed E-state index contributed by atoms with van der Waals surface area (Å²) in [5.41, 5.74) is -0.201. The van der Waals surface area contributed by atoms with Crippen molar-refractivity contribution in [2.75, 3.05) is 6.54 Å². The second-order valence-electron chi connectivity index (χ2n) is 9.54. The highest BCUT2D eigenvalue weighted by Crippen LogP contribution is 2.37. The van der Waals surface area contributed by atoms with Gasteiger partial charge in [-0.2, -0.15) is 0 Å². The number of amides is 3. The molecule has 2 aliphatic heterocycles. The number of carboxylic acids is 1. The number of nitrogens with zero attached hydrogens (tertiary/aromatic N) is 1. The molecule has 0 spiro atoms. The molecule has 4 rings (SSSR count). The summed E-state index contributed by atoms with van der Waals surface area (Å²) in [5.74, 6) is -4.07. The molecule has 1 atom stereocenters. The van der Waals surface area contributed by atoms with Crippen molar-refractivity contribution in [3.05, 3.63) is 46.5 Å². The van der Waals surface area contributed by atoms with Crippen molar-refractivity contribution in [1.29, 1.82) is 0 Å². The van der Waals surface area contributed by atoms with Crippen LogP contribution < -0.4 is 5.32 Å². The van der Waals surface area contributed by atoms with Crippen molar-refractivity contribution < 1.29 is 43.3 Å². The minimum Gasteiger partial charge on any atom is -0.480 e. The van der Waals surface area contributed by atoms with Gasteiger partial charge in [0, 0.05) is 28.4 Å². The molecular weight excluding hydrogens is 472 g/mol. The van der Waals surface area contributed by atoms with Gasteiger partial charge < -0.3 is 19.9 Å². The number of carboxylic acid groups (broad SMARTS) is 1. The number of rotatable bonds is 7. The largest absolute Gasteiger partial charge is 0.480 e. The molecular formula is C25H24N2O9. The molecule has 11 heteroatoms. The molecule has 2 aromatic rings. The van der Waals surface area contributed by atoms with E-state index in [2.05, 4.69) is 5.32 Å². The number of ether oxygens (including phenoxy) is 2. The monoisotopic (exact) mass is 496 g/mol. The van der Waals surface area contributed by atoms with E-state index < -0.39 is 47.5 Å². The number of alkyl carbamates (subject to hydrolysis) is 1. The number of esters is 2. The molecule has 36 heavy (non-hydrogen) atoms. The highest BCUT2D eigenvalue weighted by Gasteiger charge is 2.37. The average molecular weight is 496 g/mol. The lowest BCUT2D eigenvalue weighted by molar-refractivity contribution is -0.139. The van der Waals surface area contributed by atoms with Crippen molar-refractivity contribution >= 4 is 46.6 Å². The molecule has 0 aliphatic carbocycles. The number of benzene rings is 2. The number of carbonyl (C=O) groups excluding carboxylic acids is 5. The zero-order chi connectivity index (χ0) is 26.4. The number of unbranched alkanes of at least 4 members (excludes halogenated alkanes) is 1. The van der Waals surface area contributed by atoms with Crippen LogP contribution in [0.25, 0.3) is 10.8 Å². The Bertz CT molecular complexity index is 1270. The number of carbonyl (C=O) groups is 6. The second-order valence-corrected chi connectivity index (χ2v) is 9.54. The lowest BCUT2D eigenvalue weighted by Gasteiger charge is -2.29. The van der Waals surface area contributed by atoms with Crippen LogP contribution in [0.2, 0.25) is 0 Å². The average Bonchev–Trinajstić information content (AvgIpc) is 2.78. The fourth-order valence-electron chi connectivity index (χ4n) is 4.30. The molecule has 2 aliphatic rings. The van der Waals surface area contributed by atoms with Crippen molar-refractivity contribution in [2.45, 2.75) is 51.7 Å². The molecule has 2 aromatic carbocycles. The Hall–Kier alpha value is -4.28. The molecule has 0 bridgehead atoms. The first kappa shape index (κ1) is 24.8. The van der Waals surface area contributed by atoms with Crippen molar-refractivity contribution in [3.8, 4) is 0 Å². The van der Waals surface area contributed by atoms with Crippen LogP contribution in [0.3, 0.4) is 0 Å². The Morgan fingerprint density at radius 2 is 1.42 bits per heavy atom. The van der Waals surface area contributed by atoms with Gasteiger partial charge in [0.05, 0.1) is 11.1 Å². The third-order valence-corrected chi connectivity index (χ3v) is 5.85. The summed E-state index contributed by atoms with van der Waals surface area (Å²) in [4.78, 5) is 75.1. The first-order valence-corrected chi connectivity index (χ1v) is 11.3. The third-order valence-electron chi connectivity index (χ3n) is 5.85. The van der Waals surface area contributed by atoms with E-state index in [1.54, 1.807) is 20.8 Å². The van der Waals surface area contributed by atoms with Gasteiger partial charge in [0.25, 0.3) is 11.8 Å². The number of aliphatic carboxylic acids is 1. The molecule has 2 N–H and O–H groups in total. The van der Waals surface area contributed by atoms with E-state index in [9.17, 15) is 33.9 Å². The van der Waals surface area contributed by atoms with Crippen LogP contribution in [0.1, 0.15) is 81.5 Å². The van der Waals surface area contributed by atoms with Crippen molar-refractivity contribution in [2.24, 2.45) is 0 Å². The SMILES string of the molecule is CC(C)(C)OC(=O)N[C@@H](CCCCN1C(=O)c2ccc3c4c(ccc(c24)C1=O)C(=O)OC3=O)C(=O)O. The predicted molar refractivity (Wildman–Crippen MR) is 124 cm³/mol. The molecule has 0 unspecified atom stereocenters. The number of hydrogen-bond donors (Lipinski definition) is 2. The summed E-state index contributed by atoms with van der Waals surface area (Å²) >= 11 is 0. The van der Waals surface area contributed by atoms with Crippen LogP contribution in [-0.4, -0.2) is 64.0 Å². The van der Waals surface area contributed by atoms with Crippen LogP contribution in [0, 0.1) is 0 Å². The van der Waals surface area contributed by atoms with Crippen LogP contribution in [0.5, 0.6) is 0 Å². The maximum Gasteiger partial charge on any atom is 0.408 e. The van der Waals surface area contributed by atoms with Gasteiger partial charge in [-0.3, -0.25) is 14.5 Å². The van der Waals surface area contributed by atoms with Gasteiger partial charge >= 0.3 is 24.0 Å². The van der Waals surface area contributed by atoms with Crippen molar-refractivity contribution in [1.82, 2.24) is 10.2 Å². The van der Waals surface area contributed by atoms with E-state index in [4.69, 9.17) is 9.47 Å². The van der Waals surface area contributed by atoms with Gasteiger partial charge in [-0.1, -0.05) is 0 Å². The van der Waals surface area contributed by atoms with Gasteiger partial charge in [0.2, 0.25) is 0 Å². The van der Waals surface area contributed by atoms with E-state index in [1.165, 1.54) is 24.3 Å². The van der Waals surface area contributed by atoms with Crippen LogP contribution >= 0.6 is 0 Å². The summed E-state index contributed by atoms with van der Waals surface area (Å²) in [6.45, 7) is 4.99. The Balaban J connectivity index is 1.47. The highest BCUT2D eigenvalue weighted by molar-refractivity contribution is 6.31. The molecule has 0 fully saturated rings. The standard InChI is InChI=1S/C25H24N2O9/c1-25(2,3)36-24(34)26-16(21(30)31)6-4-5-11-27-19(28)12-7-9-14-18-15(23(33)35-22(14)32)10-8-13(17(12)18)20(27)29/h7-10,16H,4-6,11H2,1-3H3,(H,26,34)(H,30,31)/t16-/m0/s1. The van der Waals surface area contributed by atoms with Crippen LogP contribution in [0.4, 0.5) is 4.79 Å². The van der Waals surface area contributed by atoms with E-state index >= 15 is 0 Å². The zero-order valence-electron chi connectivity index (χ0n) is 19.9. The molecule has 0 radical (unpaired) electrons. The van der Waals surface area contributed by atoms with Gasteiger partial charge in [-0.15, -0.1) is 0 Å². The number of cyclic esters (lactones) is 2. The lowest BCUT2D eigenvalue weighted by atomic mass is 9.87. The Morgan fingerprint density at radius 3 is 1.92 bits per heavy atom. The smallest absolute Gasteiger partial charge is 0.408 e. The minimum atomic E-state index is -1.23. The van der Waals surface area contributed by atoms with Gasteiger partial charge in [0.15, 0.2) is 0 Å². The fraction of sp³-hybridized carbons (Fsp3) is 0.360. The molecule has 0 aromatic heterocycles. The van der Waals surface area contributed by atoms with Crippen LogP contribution in [0.15, 0.2) is 24.3 Å². The molecule has 3 amide bonds. The van der Waals surface area contributed by atoms with E-state index in [-0.39, 0.29) is 52.4 Å². The Kier molecular flexibility index (Phi) is 6.25. The molecule has 0 saturated carbocycles. The van der Waals surface area contributed by atoms with Gasteiger partial charge in [0.1, 0.15) is 11.6 Å². The Morgan fingerprint density at radius 1 is 0.917 bits per heavy atom. The summed E-state index contributed by atoms with van der Waals surface area (Å²) in [6.07, 6.45) is -0.204. The van der Waals surface area contributed by atoms with Crippen molar-refractivity contribution in [3.63, 3.8) is 0 Å². The lowest BCUT2D eigenvalue weighted by Crippen LogP contribution is -2.44. The van der Waals surface area contributed by atoms with E-state index in [0.717, 1.165) is 4.90 Å². The van der Waals surface area contributed by atoms with Gasteiger partial charge in [-0.05, 0) is 64.3 Å². The quantitative estimate of drug-likeness (QED) is 0.255. The van der Waals surface area contributed by atoms with Gasteiger partial charge in [-0.25, -0.2) is 19.2 Å². The first-order chi connectivity index (χ1) is 16.9. The number of hydrogen-bond acceptors (Lipinski definition) is 8. The maximum absolute atomic E-state index is 13.2. The summed E-state index contributed by atoms with van der Waals surface area (Å²) in [6, 6.07) is 4.45.